The highest BCUT2D eigenvalue weighted by atomic mass is 16.5. The number of hydrogen-bond donors (Lipinski definition) is 0. The van der Waals surface area contributed by atoms with Crippen molar-refractivity contribution in [3.8, 4) is 11.1 Å². The van der Waals surface area contributed by atoms with E-state index in [0.717, 1.165) is 39.7 Å². The summed E-state index contributed by atoms with van der Waals surface area (Å²) in [4.78, 5) is 19.4. The fourth-order valence-electron chi connectivity index (χ4n) is 3.57. The van der Waals surface area contributed by atoms with E-state index >= 15 is 0 Å². The number of rotatable bonds is 3. The van der Waals surface area contributed by atoms with Crippen molar-refractivity contribution in [2.45, 2.75) is 26.4 Å². The molecule has 0 spiro atoms. The average Bonchev–Trinajstić information content (AvgIpc) is 2.73. The van der Waals surface area contributed by atoms with Gasteiger partial charge in [0, 0.05) is 29.7 Å². The van der Waals surface area contributed by atoms with E-state index in [-0.39, 0.29) is 12.0 Å². The minimum Gasteiger partial charge on any atom is -0.375 e. The molecule has 27 heavy (non-hydrogen) atoms. The Balaban J connectivity index is 1.62. The number of benzene rings is 2. The third-order valence-corrected chi connectivity index (χ3v) is 5.15. The molecule has 0 saturated carbocycles. The Hall–Kier alpha value is -2.72. The summed E-state index contributed by atoms with van der Waals surface area (Å²) in [5.41, 5.74) is 4.87. The Morgan fingerprint density at radius 3 is 2.85 bits per heavy atom. The molecule has 1 saturated heterocycles. The predicted octanol–water partition coefficient (Wildman–Crippen LogP) is 4.46. The number of amides is 1. The Morgan fingerprint density at radius 1 is 1.15 bits per heavy atom. The Kier molecular flexibility index (Phi) is 4.90. The average molecular weight is 360 g/mol. The largest absolute Gasteiger partial charge is 0.375 e. The van der Waals surface area contributed by atoms with Crippen molar-refractivity contribution in [2.75, 3.05) is 19.7 Å². The standard InChI is InChI=1S/C23H24N2O2/c1-3-21-15-25(11-12-27-21)23(26)20-6-4-5-17(14-20)18-9-10-22-19(13-18)8-7-16(2)24-22/h4-10,13-14,21H,3,11-12,15H2,1-2H3/t21-/m1/s1. The first-order chi connectivity index (χ1) is 13.1. The van der Waals surface area contributed by atoms with Gasteiger partial charge in [0.2, 0.25) is 0 Å². The maximum atomic E-state index is 13.0. The summed E-state index contributed by atoms with van der Waals surface area (Å²) in [5, 5.41) is 1.11. The number of hydrogen-bond acceptors (Lipinski definition) is 3. The molecule has 0 radical (unpaired) electrons. The van der Waals surface area contributed by atoms with Gasteiger partial charge in [0.25, 0.3) is 5.91 Å². The highest BCUT2D eigenvalue weighted by molar-refractivity contribution is 5.96. The summed E-state index contributed by atoms with van der Waals surface area (Å²) in [6.45, 7) is 6.02. The second kappa shape index (κ2) is 7.49. The van der Waals surface area contributed by atoms with E-state index in [9.17, 15) is 4.79 Å². The van der Waals surface area contributed by atoms with Gasteiger partial charge in [-0.25, -0.2) is 0 Å². The number of ether oxygens (including phenoxy) is 1. The van der Waals surface area contributed by atoms with Crippen LogP contribution in [-0.2, 0) is 4.74 Å². The molecule has 0 unspecified atom stereocenters. The van der Waals surface area contributed by atoms with Gasteiger partial charge in [-0.15, -0.1) is 0 Å². The second-order valence-electron chi connectivity index (χ2n) is 7.09. The predicted molar refractivity (Wildman–Crippen MR) is 108 cm³/mol. The number of carbonyl (C=O) groups is 1. The molecule has 4 nitrogen and oxygen atoms in total. The van der Waals surface area contributed by atoms with Gasteiger partial charge < -0.3 is 9.64 Å². The van der Waals surface area contributed by atoms with Gasteiger partial charge in [-0.05, 0) is 54.8 Å². The van der Waals surface area contributed by atoms with Crippen molar-refractivity contribution in [2.24, 2.45) is 0 Å². The van der Waals surface area contributed by atoms with Gasteiger partial charge in [0.15, 0.2) is 0 Å². The zero-order valence-electron chi connectivity index (χ0n) is 15.8. The van der Waals surface area contributed by atoms with Gasteiger partial charge in [0.05, 0.1) is 18.2 Å². The first-order valence-corrected chi connectivity index (χ1v) is 9.53. The van der Waals surface area contributed by atoms with Crippen molar-refractivity contribution in [1.82, 2.24) is 9.88 Å². The van der Waals surface area contributed by atoms with Gasteiger partial charge in [-0.1, -0.05) is 31.2 Å². The molecular formula is C23H24N2O2. The van der Waals surface area contributed by atoms with E-state index in [1.807, 2.05) is 48.2 Å². The SMILES string of the molecule is CC[C@@H]1CN(C(=O)c2cccc(-c3ccc4nc(C)ccc4c3)c2)CCO1. The molecule has 3 aromatic rings. The Morgan fingerprint density at radius 2 is 2.00 bits per heavy atom. The lowest BCUT2D eigenvalue weighted by atomic mass is 10.0. The number of carbonyl (C=O) groups excluding carboxylic acids is 1. The fraction of sp³-hybridized carbons (Fsp3) is 0.304. The van der Waals surface area contributed by atoms with Crippen LogP contribution in [0.1, 0.15) is 29.4 Å². The van der Waals surface area contributed by atoms with Gasteiger partial charge >= 0.3 is 0 Å². The number of aryl methyl sites for hydroxylation is 1. The van der Waals surface area contributed by atoms with Crippen LogP contribution in [0.2, 0.25) is 0 Å². The monoisotopic (exact) mass is 360 g/mol. The number of fused-ring (bicyclic) bond motifs is 1. The van der Waals surface area contributed by atoms with Crippen LogP contribution in [0.25, 0.3) is 22.0 Å². The first kappa shape index (κ1) is 17.7. The van der Waals surface area contributed by atoms with Crippen LogP contribution in [0, 0.1) is 6.92 Å². The van der Waals surface area contributed by atoms with E-state index in [0.29, 0.717) is 19.7 Å². The topological polar surface area (TPSA) is 42.4 Å². The molecule has 1 aliphatic heterocycles. The van der Waals surface area contributed by atoms with Crippen LogP contribution in [0.4, 0.5) is 0 Å². The van der Waals surface area contributed by atoms with Crippen molar-refractivity contribution in [1.29, 1.82) is 0 Å². The molecule has 0 bridgehead atoms. The maximum absolute atomic E-state index is 13.0. The summed E-state index contributed by atoms with van der Waals surface area (Å²) in [6, 6.07) is 18.2. The molecule has 1 aliphatic rings. The summed E-state index contributed by atoms with van der Waals surface area (Å²) < 4.78 is 5.69. The number of pyridine rings is 1. The molecule has 1 amide bonds. The number of aromatic nitrogens is 1. The molecule has 4 heteroatoms. The highest BCUT2D eigenvalue weighted by Crippen LogP contribution is 2.25. The molecule has 1 fully saturated rings. The number of morpholine rings is 1. The van der Waals surface area contributed by atoms with Crippen molar-refractivity contribution >= 4 is 16.8 Å². The van der Waals surface area contributed by atoms with Crippen molar-refractivity contribution in [3.63, 3.8) is 0 Å². The van der Waals surface area contributed by atoms with Crippen LogP contribution in [-0.4, -0.2) is 41.6 Å². The van der Waals surface area contributed by atoms with Crippen molar-refractivity contribution < 1.29 is 9.53 Å². The lowest BCUT2D eigenvalue weighted by Crippen LogP contribution is -2.45. The van der Waals surface area contributed by atoms with Gasteiger partial charge in [-0.2, -0.15) is 0 Å². The third kappa shape index (κ3) is 3.71. The minimum atomic E-state index is 0.0803. The van der Waals surface area contributed by atoms with Gasteiger partial charge in [0.1, 0.15) is 0 Å². The summed E-state index contributed by atoms with van der Waals surface area (Å²) >= 11 is 0. The Bertz CT molecular complexity index is 983. The molecule has 4 rings (SSSR count). The normalized spacial score (nSPS) is 17.3. The van der Waals surface area contributed by atoms with E-state index in [2.05, 4.69) is 30.1 Å². The summed E-state index contributed by atoms with van der Waals surface area (Å²) in [6.07, 6.45) is 1.07. The first-order valence-electron chi connectivity index (χ1n) is 9.53. The lowest BCUT2D eigenvalue weighted by Gasteiger charge is -2.32. The molecule has 1 aromatic heterocycles. The summed E-state index contributed by atoms with van der Waals surface area (Å²) in [7, 11) is 0. The van der Waals surface area contributed by atoms with E-state index in [4.69, 9.17) is 4.74 Å². The Labute approximate surface area is 159 Å². The molecule has 2 aromatic carbocycles. The van der Waals surface area contributed by atoms with Crippen LogP contribution >= 0.6 is 0 Å². The van der Waals surface area contributed by atoms with Crippen molar-refractivity contribution in [3.05, 3.63) is 65.9 Å². The zero-order valence-corrected chi connectivity index (χ0v) is 15.8. The minimum absolute atomic E-state index is 0.0803. The second-order valence-corrected chi connectivity index (χ2v) is 7.09. The van der Waals surface area contributed by atoms with Crippen LogP contribution < -0.4 is 0 Å². The van der Waals surface area contributed by atoms with E-state index in [1.54, 1.807) is 0 Å². The smallest absolute Gasteiger partial charge is 0.254 e. The lowest BCUT2D eigenvalue weighted by molar-refractivity contribution is -0.0226. The molecule has 138 valence electrons. The van der Waals surface area contributed by atoms with Gasteiger partial charge in [-0.3, -0.25) is 9.78 Å². The van der Waals surface area contributed by atoms with Crippen LogP contribution in [0.15, 0.2) is 54.6 Å². The third-order valence-electron chi connectivity index (χ3n) is 5.15. The van der Waals surface area contributed by atoms with Crippen LogP contribution in [0.3, 0.4) is 0 Å². The van der Waals surface area contributed by atoms with Crippen LogP contribution in [0.5, 0.6) is 0 Å². The zero-order chi connectivity index (χ0) is 18.8. The fourth-order valence-corrected chi connectivity index (χ4v) is 3.57. The molecule has 0 N–H and O–H groups in total. The molecule has 2 heterocycles. The molecular weight excluding hydrogens is 336 g/mol. The highest BCUT2D eigenvalue weighted by Gasteiger charge is 2.24. The van der Waals surface area contributed by atoms with E-state index < -0.39 is 0 Å². The maximum Gasteiger partial charge on any atom is 0.254 e. The quantitative estimate of drug-likeness (QED) is 0.692. The van der Waals surface area contributed by atoms with E-state index in [1.165, 1.54) is 0 Å². The summed E-state index contributed by atoms with van der Waals surface area (Å²) in [5.74, 6) is 0.0803. The number of nitrogens with zero attached hydrogens (tertiary/aromatic N) is 2. The molecule has 1 atom stereocenters. The molecule has 0 aliphatic carbocycles.